The van der Waals surface area contributed by atoms with Crippen molar-refractivity contribution in [3.63, 3.8) is 0 Å². The van der Waals surface area contributed by atoms with Gasteiger partial charge < -0.3 is 15.0 Å². The lowest BCUT2D eigenvalue weighted by atomic mass is 10.0. The SMILES string of the molecule is Cc1ccccc1CN(C(=O)COc1ccccc1F)[C@H](Cc1ccccc1)C(=O)NCC(C)C. The highest BCUT2D eigenvalue weighted by molar-refractivity contribution is 5.88. The molecule has 35 heavy (non-hydrogen) atoms. The van der Waals surface area contributed by atoms with Gasteiger partial charge in [-0.05, 0) is 41.7 Å². The zero-order valence-electron chi connectivity index (χ0n) is 20.5. The van der Waals surface area contributed by atoms with Crippen LogP contribution in [-0.4, -0.2) is 35.9 Å². The Bertz CT molecular complexity index is 1120. The first-order chi connectivity index (χ1) is 16.8. The maximum absolute atomic E-state index is 14.1. The molecule has 6 heteroatoms. The molecule has 0 saturated carbocycles. The van der Waals surface area contributed by atoms with E-state index in [0.29, 0.717) is 13.0 Å². The Labute approximate surface area is 206 Å². The molecular weight excluding hydrogens is 443 g/mol. The van der Waals surface area contributed by atoms with Crippen LogP contribution >= 0.6 is 0 Å². The second-order valence-electron chi connectivity index (χ2n) is 9.01. The molecule has 3 aromatic carbocycles. The van der Waals surface area contributed by atoms with Crippen molar-refractivity contribution in [1.82, 2.24) is 10.2 Å². The number of aryl methyl sites for hydroxylation is 1. The molecule has 0 bridgehead atoms. The molecule has 0 aromatic heterocycles. The summed E-state index contributed by atoms with van der Waals surface area (Å²) in [7, 11) is 0. The number of para-hydroxylation sites is 1. The fourth-order valence-electron chi connectivity index (χ4n) is 3.73. The fraction of sp³-hybridized carbons (Fsp3) is 0.310. The van der Waals surface area contributed by atoms with E-state index in [4.69, 9.17) is 4.74 Å². The molecule has 2 amide bonds. The van der Waals surface area contributed by atoms with E-state index in [1.165, 1.54) is 12.1 Å². The van der Waals surface area contributed by atoms with E-state index in [-0.39, 0.29) is 30.7 Å². The van der Waals surface area contributed by atoms with E-state index >= 15 is 0 Å². The predicted octanol–water partition coefficient (Wildman–Crippen LogP) is 4.93. The van der Waals surface area contributed by atoms with Crippen LogP contribution in [0.25, 0.3) is 0 Å². The number of amides is 2. The number of ether oxygens (including phenoxy) is 1. The van der Waals surface area contributed by atoms with Crippen molar-refractivity contribution >= 4 is 11.8 Å². The van der Waals surface area contributed by atoms with Gasteiger partial charge >= 0.3 is 0 Å². The van der Waals surface area contributed by atoms with Crippen LogP contribution in [0.2, 0.25) is 0 Å². The number of hydrogen-bond donors (Lipinski definition) is 1. The zero-order valence-corrected chi connectivity index (χ0v) is 20.5. The van der Waals surface area contributed by atoms with Gasteiger partial charge in [0, 0.05) is 19.5 Å². The highest BCUT2D eigenvalue weighted by atomic mass is 19.1. The first-order valence-electron chi connectivity index (χ1n) is 11.9. The van der Waals surface area contributed by atoms with Crippen molar-refractivity contribution in [3.8, 4) is 5.75 Å². The van der Waals surface area contributed by atoms with Crippen molar-refractivity contribution in [3.05, 3.63) is 101 Å². The van der Waals surface area contributed by atoms with Crippen molar-refractivity contribution in [1.29, 1.82) is 0 Å². The largest absolute Gasteiger partial charge is 0.481 e. The van der Waals surface area contributed by atoms with Crippen LogP contribution < -0.4 is 10.1 Å². The summed E-state index contributed by atoms with van der Waals surface area (Å²) in [6.45, 7) is 6.37. The molecule has 184 valence electrons. The van der Waals surface area contributed by atoms with Gasteiger partial charge in [0.15, 0.2) is 18.2 Å². The minimum Gasteiger partial charge on any atom is -0.481 e. The minimum atomic E-state index is -0.757. The maximum atomic E-state index is 14.1. The second-order valence-corrected chi connectivity index (χ2v) is 9.01. The van der Waals surface area contributed by atoms with Gasteiger partial charge in [0.1, 0.15) is 6.04 Å². The summed E-state index contributed by atoms with van der Waals surface area (Å²) < 4.78 is 19.6. The Morgan fingerprint density at radius 3 is 2.29 bits per heavy atom. The lowest BCUT2D eigenvalue weighted by Crippen LogP contribution is -2.52. The van der Waals surface area contributed by atoms with Crippen LogP contribution in [0.3, 0.4) is 0 Å². The highest BCUT2D eigenvalue weighted by Crippen LogP contribution is 2.19. The Balaban J connectivity index is 1.92. The van der Waals surface area contributed by atoms with E-state index in [1.807, 2.05) is 75.4 Å². The first-order valence-corrected chi connectivity index (χ1v) is 11.9. The second kappa shape index (κ2) is 12.7. The van der Waals surface area contributed by atoms with Gasteiger partial charge in [0.05, 0.1) is 0 Å². The van der Waals surface area contributed by atoms with E-state index in [0.717, 1.165) is 16.7 Å². The molecular formula is C29H33FN2O3. The van der Waals surface area contributed by atoms with Gasteiger partial charge in [-0.3, -0.25) is 9.59 Å². The van der Waals surface area contributed by atoms with Gasteiger partial charge in [-0.1, -0.05) is 80.6 Å². The highest BCUT2D eigenvalue weighted by Gasteiger charge is 2.31. The molecule has 3 rings (SSSR count). The van der Waals surface area contributed by atoms with E-state index in [1.54, 1.807) is 17.0 Å². The number of nitrogens with zero attached hydrogens (tertiary/aromatic N) is 1. The summed E-state index contributed by atoms with van der Waals surface area (Å²) in [6, 6.07) is 22.6. The molecule has 3 aromatic rings. The molecule has 0 aliphatic carbocycles. The van der Waals surface area contributed by atoms with Crippen molar-refractivity contribution in [2.24, 2.45) is 5.92 Å². The lowest BCUT2D eigenvalue weighted by molar-refractivity contribution is -0.142. The fourth-order valence-corrected chi connectivity index (χ4v) is 3.73. The topological polar surface area (TPSA) is 58.6 Å². The normalized spacial score (nSPS) is 11.7. The Morgan fingerprint density at radius 2 is 1.60 bits per heavy atom. The Hall–Kier alpha value is -3.67. The summed E-state index contributed by atoms with van der Waals surface area (Å²) in [6.07, 6.45) is 0.349. The minimum absolute atomic E-state index is 0.000519. The molecule has 0 radical (unpaired) electrons. The third kappa shape index (κ3) is 7.67. The Kier molecular flexibility index (Phi) is 9.41. The van der Waals surface area contributed by atoms with Gasteiger partial charge in [-0.2, -0.15) is 0 Å². The summed E-state index contributed by atoms with van der Waals surface area (Å²) in [5.74, 6) is -0.893. The molecule has 0 aliphatic rings. The van der Waals surface area contributed by atoms with Gasteiger partial charge in [0.2, 0.25) is 5.91 Å². The molecule has 1 N–H and O–H groups in total. The summed E-state index contributed by atoms with van der Waals surface area (Å²) in [5.41, 5.74) is 2.89. The monoisotopic (exact) mass is 476 g/mol. The smallest absolute Gasteiger partial charge is 0.261 e. The maximum Gasteiger partial charge on any atom is 0.261 e. The number of hydrogen-bond acceptors (Lipinski definition) is 3. The predicted molar refractivity (Wildman–Crippen MR) is 135 cm³/mol. The first kappa shape index (κ1) is 25.9. The molecule has 0 heterocycles. The van der Waals surface area contributed by atoms with Crippen molar-refractivity contribution < 1.29 is 18.7 Å². The number of nitrogens with one attached hydrogen (secondary N) is 1. The van der Waals surface area contributed by atoms with Crippen LogP contribution in [0.15, 0.2) is 78.9 Å². The summed E-state index contributed by atoms with van der Waals surface area (Å²) >= 11 is 0. The van der Waals surface area contributed by atoms with E-state index < -0.39 is 17.8 Å². The number of rotatable bonds is 11. The van der Waals surface area contributed by atoms with Crippen LogP contribution in [0.4, 0.5) is 4.39 Å². The third-order valence-corrected chi connectivity index (χ3v) is 5.75. The van der Waals surface area contributed by atoms with Crippen LogP contribution in [0.1, 0.15) is 30.5 Å². The third-order valence-electron chi connectivity index (χ3n) is 5.75. The number of carbonyl (C=O) groups is 2. The molecule has 0 aliphatic heterocycles. The van der Waals surface area contributed by atoms with E-state index in [9.17, 15) is 14.0 Å². The average Bonchev–Trinajstić information content (AvgIpc) is 2.85. The molecule has 1 atom stereocenters. The van der Waals surface area contributed by atoms with Crippen LogP contribution in [0.5, 0.6) is 5.75 Å². The number of halogens is 1. The quantitative estimate of drug-likeness (QED) is 0.427. The van der Waals surface area contributed by atoms with Crippen LogP contribution in [0, 0.1) is 18.7 Å². The molecule has 5 nitrogen and oxygen atoms in total. The summed E-state index contributed by atoms with van der Waals surface area (Å²) in [4.78, 5) is 28.5. The number of benzene rings is 3. The molecule has 0 unspecified atom stereocenters. The lowest BCUT2D eigenvalue weighted by Gasteiger charge is -2.32. The van der Waals surface area contributed by atoms with Gasteiger partial charge in [0.25, 0.3) is 5.91 Å². The Morgan fingerprint density at radius 1 is 0.943 bits per heavy atom. The number of carbonyl (C=O) groups excluding carboxylic acids is 2. The van der Waals surface area contributed by atoms with E-state index in [2.05, 4.69) is 5.32 Å². The van der Waals surface area contributed by atoms with Crippen molar-refractivity contribution in [2.45, 2.75) is 39.8 Å². The van der Waals surface area contributed by atoms with Gasteiger partial charge in [-0.25, -0.2) is 4.39 Å². The molecule has 0 fully saturated rings. The van der Waals surface area contributed by atoms with Gasteiger partial charge in [-0.15, -0.1) is 0 Å². The van der Waals surface area contributed by atoms with Crippen molar-refractivity contribution in [2.75, 3.05) is 13.2 Å². The zero-order chi connectivity index (χ0) is 25.2. The molecule has 0 spiro atoms. The van der Waals surface area contributed by atoms with Crippen LogP contribution in [-0.2, 0) is 22.6 Å². The average molecular weight is 477 g/mol. The standard InChI is InChI=1S/C29H33FN2O3/c1-21(2)18-31-29(34)26(17-23-12-5-4-6-13-23)32(19-24-14-8-7-11-22(24)3)28(33)20-35-27-16-10-9-15-25(27)30/h4-16,21,26H,17-20H2,1-3H3,(H,31,34)/t26-/m1/s1. The summed E-state index contributed by atoms with van der Waals surface area (Å²) in [5, 5.41) is 2.99. The molecule has 0 saturated heterocycles.